The zero-order chi connectivity index (χ0) is 13.7. The van der Waals surface area contributed by atoms with Crippen molar-refractivity contribution in [2.75, 3.05) is 0 Å². The van der Waals surface area contributed by atoms with Gasteiger partial charge in [-0.15, -0.1) is 0 Å². The first kappa shape index (κ1) is 14.1. The van der Waals surface area contributed by atoms with Crippen molar-refractivity contribution in [3.8, 4) is 5.75 Å². The normalized spacial score (nSPS) is 10.7. The average molecular weight is 325 g/mol. The van der Waals surface area contributed by atoms with Gasteiger partial charge in [0.1, 0.15) is 12.4 Å². The monoisotopic (exact) mass is 324 g/mol. The van der Waals surface area contributed by atoms with Crippen molar-refractivity contribution in [1.82, 2.24) is 9.55 Å². The van der Waals surface area contributed by atoms with Gasteiger partial charge in [0.15, 0.2) is 0 Å². The number of rotatable bonds is 6. The quantitative estimate of drug-likeness (QED) is 0.888. The van der Waals surface area contributed by atoms with Crippen molar-refractivity contribution in [2.24, 2.45) is 0 Å². The molecule has 0 spiro atoms. The Labute approximate surface area is 121 Å². The number of ether oxygens (including phenoxy) is 1. The van der Waals surface area contributed by atoms with E-state index >= 15 is 0 Å². The fraction of sp³-hybridized carbons (Fsp3) is 0.357. The summed E-state index contributed by atoms with van der Waals surface area (Å²) in [7, 11) is 0. The number of hydrogen-bond acceptors (Lipinski definition) is 3. The van der Waals surface area contributed by atoms with Crippen molar-refractivity contribution < 1.29 is 9.84 Å². The highest BCUT2D eigenvalue weighted by atomic mass is 79.9. The van der Waals surface area contributed by atoms with E-state index in [0.29, 0.717) is 6.61 Å². The molecular weight excluding hydrogens is 308 g/mol. The van der Waals surface area contributed by atoms with Crippen molar-refractivity contribution in [3.63, 3.8) is 0 Å². The van der Waals surface area contributed by atoms with Gasteiger partial charge in [0, 0.05) is 6.54 Å². The maximum Gasteiger partial charge on any atom is 0.134 e. The molecule has 1 N–H and O–H groups in total. The predicted octanol–water partition coefficient (Wildman–Crippen LogP) is 3.13. The number of imidazole rings is 1. The summed E-state index contributed by atoms with van der Waals surface area (Å²) in [5.41, 5.74) is 1.91. The molecule has 0 saturated carbocycles. The Morgan fingerprint density at radius 1 is 1.42 bits per heavy atom. The van der Waals surface area contributed by atoms with E-state index in [-0.39, 0.29) is 6.61 Å². The first-order chi connectivity index (χ1) is 9.24. The van der Waals surface area contributed by atoms with Gasteiger partial charge in [0.05, 0.1) is 29.3 Å². The van der Waals surface area contributed by atoms with Crippen molar-refractivity contribution >= 4 is 15.9 Å². The molecule has 5 heteroatoms. The van der Waals surface area contributed by atoms with Crippen LogP contribution < -0.4 is 4.74 Å². The van der Waals surface area contributed by atoms with E-state index in [2.05, 4.69) is 32.4 Å². The second kappa shape index (κ2) is 6.73. The standard InChI is InChI=1S/C14H17BrN2O2/c1-2-5-17-10-16-7-12(17)9-19-14-4-3-11(8-18)6-13(14)15/h3-4,6-7,10,18H,2,5,8-9H2,1H3. The summed E-state index contributed by atoms with van der Waals surface area (Å²) >= 11 is 3.44. The van der Waals surface area contributed by atoms with Gasteiger partial charge >= 0.3 is 0 Å². The average Bonchev–Trinajstić information content (AvgIpc) is 2.85. The van der Waals surface area contributed by atoms with Crippen molar-refractivity contribution in [3.05, 3.63) is 46.5 Å². The third-order valence-electron chi connectivity index (χ3n) is 2.82. The summed E-state index contributed by atoms with van der Waals surface area (Å²) in [4.78, 5) is 4.14. The zero-order valence-electron chi connectivity index (χ0n) is 10.8. The lowest BCUT2D eigenvalue weighted by Gasteiger charge is -2.11. The van der Waals surface area contributed by atoms with E-state index in [1.807, 2.05) is 30.7 Å². The van der Waals surface area contributed by atoms with Gasteiger partial charge in [-0.2, -0.15) is 0 Å². The third-order valence-corrected chi connectivity index (χ3v) is 3.44. The van der Waals surface area contributed by atoms with Crippen LogP contribution in [0.3, 0.4) is 0 Å². The molecule has 2 rings (SSSR count). The van der Waals surface area contributed by atoms with E-state index in [1.165, 1.54) is 0 Å². The van der Waals surface area contributed by atoms with Gasteiger partial charge in [-0.05, 0) is 40.0 Å². The molecule has 0 aliphatic rings. The molecule has 1 aromatic heterocycles. The van der Waals surface area contributed by atoms with E-state index in [9.17, 15) is 0 Å². The molecule has 0 bridgehead atoms. The summed E-state index contributed by atoms with van der Waals surface area (Å²) in [6.45, 7) is 3.59. The van der Waals surface area contributed by atoms with Crippen LogP contribution in [-0.4, -0.2) is 14.7 Å². The van der Waals surface area contributed by atoms with Crippen molar-refractivity contribution in [1.29, 1.82) is 0 Å². The third kappa shape index (κ3) is 3.58. The molecule has 4 nitrogen and oxygen atoms in total. The predicted molar refractivity (Wildman–Crippen MR) is 76.9 cm³/mol. The molecule has 0 amide bonds. The molecule has 1 aromatic carbocycles. The fourth-order valence-electron chi connectivity index (χ4n) is 1.82. The second-order valence-corrected chi connectivity index (χ2v) is 5.14. The number of nitrogens with zero attached hydrogens (tertiary/aromatic N) is 2. The van der Waals surface area contributed by atoms with Crippen LogP contribution >= 0.6 is 15.9 Å². The van der Waals surface area contributed by atoms with Gasteiger partial charge in [-0.1, -0.05) is 13.0 Å². The van der Waals surface area contributed by atoms with Crippen LogP contribution in [-0.2, 0) is 19.8 Å². The maximum atomic E-state index is 9.06. The lowest BCUT2D eigenvalue weighted by molar-refractivity contribution is 0.279. The Morgan fingerprint density at radius 2 is 2.26 bits per heavy atom. The van der Waals surface area contributed by atoms with Gasteiger partial charge in [-0.25, -0.2) is 4.98 Å². The van der Waals surface area contributed by atoms with Crippen LogP contribution in [0.2, 0.25) is 0 Å². The molecule has 0 aliphatic heterocycles. The number of aryl methyl sites for hydroxylation is 1. The van der Waals surface area contributed by atoms with E-state index in [4.69, 9.17) is 9.84 Å². The number of aliphatic hydroxyl groups is 1. The number of aliphatic hydroxyl groups excluding tert-OH is 1. The molecule has 2 aromatic rings. The fourth-order valence-corrected chi connectivity index (χ4v) is 2.36. The topological polar surface area (TPSA) is 47.3 Å². The SMILES string of the molecule is CCCn1cncc1COc1ccc(CO)cc1Br. The molecule has 0 saturated heterocycles. The summed E-state index contributed by atoms with van der Waals surface area (Å²) in [6.07, 6.45) is 4.72. The molecule has 1 heterocycles. The Morgan fingerprint density at radius 3 is 2.95 bits per heavy atom. The smallest absolute Gasteiger partial charge is 0.134 e. The highest BCUT2D eigenvalue weighted by Gasteiger charge is 2.06. The van der Waals surface area contributed by atoms with Gasteiger partial charge in [-0.3, -0.25) is 0 Å². The Hall–Kier alpha value is -1.33. The van der Waals surface area contributed by atoms with Crippen LogP contribution in [0.25, 0.3) is 0 Å². The summed E-state index contributed by atoms with van der Waals surface area (Å²) < 4.78 is 8.72. The summed E-state index contributed by atoms with van der Waals surface area (Å²) in [5.74, 6) is 0.765. The highest BCUT2D eigenvalue weighted by molar-refractivity contribution is 9.10. The van der Waals surface area contributed by atoms with Crippen LogP contribution in [0.4, 0.5) is 0 Å². The minimum Gasteiger partial charge on any atom is -0.486 e. The molecule has 0 aliphatic carbocycles. The number of hydrogen-bond donors (Lipinski definition) is 1. The summed E-state index contributed by atoms with van der Waals surface area (Å²) in [6, 6.07) is 5.57. The minimum atomic E-state index is 0.0299. The number of benzene rings is 1. The maximum absolute atomic E-state index is 9.06. The Bertz CT molecular complexity index is 540. The molecular formula is C14H17BrN2O2. The number of halogens is 1. The van der Waals surface area contributed by atoms with Crippen LogP contribution in [0.15, 0.2) is 35.2 Å². The molecule has 0 radical (unpaired) electrons. The van der Waals surface area contributed by atoms with Crippen LogP contribution in [0.5, 0.6) is 5.75 Å². The first-order valence-electron chi connectivity index (χ1n) is 6.25. The van der Waals surface area contributed by atoms with E-state index in [1.54, 1.807) is 0 Å². The lowest BCUT2D eigenvalue weighted by atomic mass is 10.2. The largest absolute Gasteiger partial charge is 0.486 e. The van der Waals surface area contributed by atoms with Crippen LogP contribution in [0.1, 0.15) is 24.6 Å². The Kier molecular flexibility index (Phi) is 4.99. The molecule has 0 atom stereocenters. The van der Waals surface area contributed by atoms with E-state index in [0.717, 1.165) is 34.4 Å². The molecule has 0 fully saturated rings. The zero-order valence-corrected chi connectivity index (χ0v) is 12.4. The van der Waals surface area contributed by atoms with Gasteiger partial charge < -0.3 is 14.4 Å². The highest BCUT2D eigenvalue weighted by Crippen LogP contribution is 2.26. The molecule has 102 valence electrons. The number of aromatic nitrogens is 2. The van der Waals surface area contributed by atoms with Gasteiger partial charge in [0.25, 0.3) is 0 Å². The van der Waals surface area contributed by atoms with Crippen LogP contribution in [0, 0.1) is 0 Å². The minimum absolute atomic E-state index is 0.0299. The first-order valence-corrected chi connectivity index (χ1v) is 7.05. The second-order valence-electron chi connectivity index (χ2n) is 4.29. The Balaban J connectivity index is 2.04. The molecule has 19 heavy (non-hydrogen) atoms. The van der Waals surface area contributed by atoms with E-state index < -0.39 is 0 Å². The van der Waals surface area contributed by atoms with Gasteiger partial charge in [0.2, 0.25) is 0 Å². The van der Waals surface area contributed by atoms with Crippen molar-refractivity contribution in [2.45, 2.75) is 33.1 Å². The summed E-state index contributed by atoms with van der Waals surface area (Å²) in [5, 5.41) is 9.06. The molecule has 0 unspecified atom stereocenters. The lowest BCUT2D eigenvalue weighted by Crippen LogP contribution is -2.05.